The van der Waals surface area contributed by atoms with Crippen LogP contribution in [-0.4, -0.2) is 18.1 Å². The number of halogens is 3. The largest absolute Gasteiger partial charge is 0.465 e. The van der Waals surface area contributed by atoms with Gasteiger partial charge in [-0.1, -0.05) is 11.6 Å². The first-order chi connectivity index (χ1) is 7.51. The van der Waals surface area contributed by atoms with Gasteiger partial charge < -0.3 is 10.5 Å². The Morgan fingerprint density at radius 2 is 2.31 bits per heavy atom. The van der Waals surface area contributed by atoms with Crippen molar-refractivity contribution in [2.75, 3.05) is 7.11 Å². The van der Waals surface area contributed by atoms with Crippen LogP contribution in [-0.2, 0) is 11.3 Å². The Kier molecular flexibility index (Phi) is 4.14. The van der Waals surface area contributed by atoms with Gasteiger partial charge in [0.15, 0.2) is 0 Å². The molecule has 2 N–H and O–H groups in total. The molecule has 0 atom stereocenters. The summed E-state index contributed by atoms with van der Waals surface area (Å²) in [5.74, 6) is -0.894. The van der Waals surface area contributed by atoms with Crippen LogP contribution in [0.15, 0.2) is 6.07 Å². The standard InChI is InChI=1S/C9H9ClF2N2O2/c1-16-9(15)4-2-6(10)14-5(3-13)7(4)8(11)12/h2,8H,3,13H2,1H3. The second kappa shape index (κ2) is 5.18. The number of hydrogen-bond donors (Lipinski definition) is 1. The van der Waals surface area contributed by atoms with Gasteiger partial charge >= 0.3 is 5.97 Å². The van der Waals surface area contributed by atoms with Crippen LogP contribution in [0.1, 0.15) is 28.0 Å². The molecule has 4 nitrogen and oxygen atoms in total. The molecule has 0 aromatic carbocycles. The monoisotopic (exact) mass is 250 g/mol. The van der Waals surface area contributed by atoms with Crippen molar-refractivity contribution in [3.63, 3.8) is 0 Å². The highest BCUT2D eigenvalue weighted by Crippen LogP contribution is 2.28. The zero-order valence-electron chi connectivity index (χ0n) is 8.34. The Hall–Kier alpha value is -1.27. The molecule has 88 valence electrons. The second-order valence-electron chi connectivity index (χ2n) is 2.85. The van der Waals surface area contributed by atoms with Crippen molar-refractivity contribution >= 4 is 17.6 Å². The number of nitrogens with two attached hydrogens (primary N) is 1. The molecular weight excluding hydrogens is 242 g/mol. The van der Waals surface area contributed by atoms with Gasteiger partial charge in [0.2, 0.25) is 0 Å². The molecule has 0 radical (unpaired) electrons. The maximum absolute atomic E-state index is 12.8. The summed E-state index contributed by atoms with van der Waals surface area (Å²) < 4.78 is 29.9. The summed E-state index contributed by atoms with van der Waals surface area (Å²) in [6.45, 7) is -0.232. The minimum Gasteiger partial charge on any atom is -0.465 e. The SMILES string of the molecule is COC(=O)c1cc(Cl)nc(CN)c1C(F)F. The number of carbonyl (C=O) groups excluding carboxylic acids is 1. The van der Waals surface area contributed by atoms with Gasteiger partial charge in [0.05, 0.1) is 23.9 Å². The molecule has 7 heteroatoms. The molecular formula is C9H9ClF2N2O2. The van der Waals surface area contributed by atoms with Crippen LogP contribution in [0.5, 0.6) is 0 Å². The fraction of sp³-hybridized carbons (Fsp3) is 0.333. The van der Waals surface area contributed by atoms with Crippen molar-refractivity contribution in [1.82, 2.24) is 4.98 Å². The Morgan fingerprint density at radius 1 is 1.69 bits per heavy atom. The normalized spacial score (nSPS) is 10.6. The van der Waals surface area contributed by atoms with Gasteiger partial charge in [-0.15, -0.1) is 0 Å². The van der Waals surface area contributed by atoms with E-state index in [0.717, 1.165) is 13.2 Å². The van der Waals surface area contributed by atoms with Crippen molar-refractivity contribution in [3.05, 3.63) is 28.0 Å². The summed E-state index contributed by atoms with van der Waals surface area (Å²) in [6.07, 6.45) is -2.86. The van der Waals surface area contributed by atoms with Gasteiger partial charge in [-0.05, 0) is 6.07 Å². The van der Waals surface area contributed by atoms with Crippen LogP contribution in [0.2, 0.25) is 5.15 Å². The maximum atomic E-state index is 12.8. The first kappa shape index (κ1) is 12.8. The maximum Gasteiger partial charge on any atom is 0.338 e. The lowest BCUT2D eigenvalue weighted by atomic mass is 10.1. The Bertz CT molecular complexity index is 413. The molecule has 1 aromatic heterocycles. The molecule has 0 saturated carbocycles. The van der Waals surface area contributed by atoms with Gasteiger partial charge in [-0.2, -0.15) is 0 Å². The number of rotatable bonds is 3. The number of carbonyl (C=O) groups is 1. The number of ether oxygens (including phenoxy) is 1. The molecule has 0 aliphatic heterocycles. The quantitative estimate of drug-likeness (QED) is 0.657. The Balaban J connectivity index is 3.44. The molecule has 0 bridgehead atoms. The molecule has 1 aromatic rings. The Labute approximate surface area is 95.4 Å². The van der Waals surface area contributed by atoms with Crippen molar-refractivity contribution in [2.45, 2.75) is 13.0 Å². The fourth-order valence-electron chi connectivity index (χ4n) is 1.25. The van der Waals surface area contributed by atoms with E-state index in [4.69, 9.17) is 17.3 Å². The van der Waals surface area contributed by atoms with Crippen LogP contribution in [0.25, 0.3) is 0 Å². The predicted octanol–water partition coefficient (Wildman–Crippen LogP) is 1.92. The van der Waals surface area contributed by atoms with E-state index in [1.165, 1.54) is 0 Å². The first-order valence-electron chi connectivity index (χ1n) is 4.27. The third-order valence-electron chi connectivity index (χ3n) is 1.92. The summed E-state index contributed by atoms with van der Waals surface area (Å²) in [4.78, 5) is 14.9. The van der Waals surface area contributed by atoms with Crippen LogP contribution in [0.3, 0.4) is 0 Å². The predicted molar refractivity (Wildman–Crippen MR) is 53.4 cm³/mol. The molecule has 0 aliphatic rings. The van der Waals surface area contributed by atoms with Crippen LogP contribution in [0.4, 0.5) is 8.78 Å². The number of nitrogens with zero attached hydrogens (tertiary/aromatic N) is 1. The lowest BCUT2D eigenvalue weighted by molar-refractivity contribution is 0.0588. The zero-order chi connectivity index (χ0) is 12.3. The summed E-state index contributed by atoms with van der Waals surface area (Å²) in [7, 11) is 1.09. The fourth-order valence-corrected chi connectivity index (χ4v) is 1.46. The van der Waals surface area contributed by atoms with Crippen LogP contribution < -0.4 is 5.73 Å². The van der Waals surface area contributed by atoms with E-state index in [1.807, 2.05) is 0 Å². The number of aromatic nitrogens is 1. The summed E-state index contributed by atoms with van der Waals surface area (Å²) in [5.41, 5.74) is 4.32. The number of methoxy groups -OCH3 is 1. The molecule has 1 rings (SSSR count). The minimum atomic E-state index is -2.86. The molecule has 0 spiro atoms. The van der Waals surface area contributed by atoms with Crippen LogP contribution >= 0.6 is 11.6 Å². The minimum absolute atomic E-state index is 0.0785. The van der Waals surface area contributed by atoms with Crippen molar-refractivity contribution in [3.8, 4) is 0 Å². The third-order valence-corrected chi connectivity index (χ3v) is 2.12. The smallest absolute Gasteiger partial charge is 0.338 e. The van der Waals surface area contributed by atoms with E-state index in [0.29, 0.717) is 0 Å². The molecule has 16 heavy (non-hydrogen) atoms. The molecule has 0 amide bonds. The van der Waals surface area contributed by atoms with Crippen molar-refractivity contribution < 1.29 is 18.3 Å². The van der Waals surface area contributed by atoms with Crippen molar-refractivity contribution in [2.24, 2.45) is 5.73 Å². The highest BCUT2D eigenvalue weighted by atomic mass is 35.5. The van der Waals surface area contributed by atoms with Gasteiger partial charge in [0, 0.05) is 6.54 Å². The molecule has 0 aliphatic carbocycles. The topological polar surface area (TPSA) is 65.2 Å². The van der Waals surface area contributed by atoms with E-state index in [1.54, 1.807) is 0 Å². The number of pyridine rings is 1. The van der Waals surface area contributed by atoms with E-state index >= 15 is 0 Å². The summed E-state index contributed by atoms with van der Waals surface area (Å²) in [6, 6.07) is 1.04. The summed E-state index contributed by atoms with van der Waals surface area (Å²) >= 11 is 5.59. The van der Waals surface area contributed by atoms with Gasteiger partial charge in [0.1, 0.15) is 5.15 Å². The van der Waals surface area contributed by atoms with E-state index in [-0.39, 0.29) is 23.0 Å². The van der Waals surface area contributed by atoms with Crippen LogP contribution in [0, 0.1) is 0 Å². The number of alkyl halides is 2. The van der Waals surface area contributed by atoms with Gasteiger partial charge in [-0.3, -0.25) is 0 Å². The second-order valence-corrected chi connectivity index (χ2v) is 3.24. The first-order valence-corrected chi connectivity index (χ1v) is 4.64. The summed E-state index contributed by atoms with van der Waals surface area (Å²) in [5, 5.41) is -0.0785. The van der Waals surface area contributed by atoms with Crippen molar-refractivity contribution in [1.29, 1.82) is 0 Å². The van der Waals surface area contributed by atoms with E-state index in [2.05, 4.69) is 9.72 Å². The van der Waals surface area contributed by atoms with Gasteiger partial charge in [0.25, 0.3) is 6.43 Å². The Morgan fingerprint density at radius 3 is 2.75 bits per heavy atom. The van der Waals surface area contributed by atoms with E-state index in [9.17, 15) is 13.6 Å². The number of esters is 1. The lowest BCUT2D eigenvalue weighted by Gasteiger charge is -2.11. The number of hydrogen-bond acceptors (Lipinski definition) is 4. The lowest BCUT2D eigenvalue weighted by Crippen LogP contribution is -2.13. The molecule has 0 saturated heterocycles. The molecule has 1 heterocycles. The molecule has 0 fully saturated rings. The zero-order valence-corrected chi connectivity index (χ0v) is 9.09. The molecule has 0 unspecified atom stereocenters. The van der Waals surface area contributed by atoms with E-state index < -0.39 is 18.0 Å². The third kappa shape index (κ3) is 2.45. The average Bonchev–Trinajstić information content (AvgIpc) is 2.26. The van der Waals surface area contributed by atoms with Gasteiger partial charge in [-0.25, -0.2) is 18.6 Å². The highest BCUT2D eigenvalue weighted by molar-refractivity contribution is 6.29. The average molecular weight is 251 g/mol. The highest BCUT2D eigenvalue weighted by Gasteiger charge is 2.24.